The van der Waals surface area contributed by atoms with E-state index in [9.17, 15) is 4.79 Å². The van der Waals surface area contributed by atoms with E-state index in [4.69, 9.17) is 4.98 Å². The largest absolute Gasteiger partial charge is 0.343 e. The van der Waals surface area contributed by atoms with Gasteiger partial charge in [0.25, 0.3) is 0 Å². The van der Waals surface area contributed by atoms with Crippen molar-refractivity contribution in [2.24, 2.45) is 0 Å². The van der Waals surface area contributed by atoms with Crippen LogP contribution in [0.3, 0.4) is 0 Å². The summed E-state index contributed by atoms with van der Waals surface area (Å²) in [6, 6.07) is 33.8. The number of rotatable bonds is 7. The van der Waals surface area contributed by atoms with Gasteiger partial charge in [-0.1, -0.05) is 97.9 Å². The van der Waals surface area contributed by atoms with Crippen molar-refractivity contribution >= 4 is 33.2 Å². The fourth-order valence-electron chi connectivity index (χ4n) is 4.91. The summed E-state index contributed by atoms with van der Waals surface area (Å²) >= 11 is 3.59. The lowest BCUT2D eigenvalue weighted by molar-refractivity contribution is -0.117. The van der Waals surface area contributed by atoms with Crippen molar-refractivity contribution in [1.29, 1.82) is 0 Å². The summed E-state index contributed by atoms with van der Waals surface area (Å²) in [4.78, 5) is 21.9. The van der Waals surface area contributed by atoms with Crippen LogP contribution >= 0.6 is 15.9 Å². The van der Waals surface area contributed by atoms with E-state index in [0.29, 0.717) is 19.6 Å². The van der Waals surface area contributed by atoms with Gasteiger partial charge in [0.1, 0.15) is 5.54 Å². The lowest BCUT2D eigenvalue weighted by atomic mass is 9.75. The molecule has 170 valence electrons. The highest BCUT2D eigenvalue weighted by Crippen LogP contribution is 2.49. The molecule has 5 heteroatoms. The van der Waals surface area contributed by atoms with Gasteiger partial charge in [-0.25, -0.2) is 4.98 Å². The van der Waals surface area contributed by atoms with Gasteiger partial charge in [0.05, 0.1) is 18.9 Å². The zero-order valence-electron chi connectivity index (χ0n) is 19.1. The summed E-state index contributed by atoms with van der Waals surface area (Å²) in [6.45, 7) is 2.81. The average molecular weight is 512 g/mol. The van der Waals surface area contributed by atoms with Gasteiger partial charge in [-0.2, -0.15) is 0 Å². The van der Waals surface area contributed by atoms with Crippen LogP contribution in [-0.4, -0.2) is 24.0 Å². The number of halogens is 1. The summed E-state index contributed by atoms with van der Waals surface area (Å²) in [6.07, 6.45) is 2.34. The molecular formula is C29H26BrN3O. The van der Waals surface area contributed by atoms with Crippen molar-refractivity contribution in [2.75, 3.05) is 23.0 Å². The van der Waals surface area contributed by atoms with Crippen molar-refractivity contribution in [1.82, 2.24) is 4.98 Å². The summed E-state index contributed by atoms with van der Waals surface area (Å²) in [5, 5.41) is 0. The van der Waals surface area contributed by atoms with Crippen molar-refractivity contribution in [2.45, 2.75) is 18.9 Å². The third-order valence-electron chi connectivity index (χ3n) is 6.46. The van der Waals surface area contributed by atoms with Crippen LogP contribution in [0.15, 0.2) is 108 Å². The number of benzene rings is 3. The van der Waals surface area contributed by atoms with Gasteiger partial charge in [0.15, 0.2) is 11.6 Å². The molecule has 34 heavy (non-hydrogen) atoms. The maximum absolute atomic E-state index is 12.5. The second-order valence-electron chi connectivity index (χ2n) is 8.46. The lowest BCUT2D eigenvalue weighted by Gasteiger charge is -2.44. The highest BCUT2D eigenvalue weighted by molar-refractivity contribution is 9.10. The first-order chi connectivity index (χ1) is 16.6. The predicted octanol–water partition coefficient (Wildman–Crippen LogP) is 6.40. The lowest BCUT2D eigenvalue weighted by Crippen LogP contribution is -2.50. The normalized spacial score (nSPS) is 13.1. The molecule has 0 aliphatic carbocycles. The van der Waals surface area contributed by atoms with Crippen LogP contribution in [0, 0.1) is 0 Å². The van der Waals surface area contributed by atoms with E-state index in [1.807, 2.05) is 31.3 Å². The molecule has 1 aromatic heterocycles. The molecule has 0 saturated carbocycles. The highest BCUT2D eigenvalue weighted by Gasteiger charge is 2.47. The Kier molecular flexibility index (Phi) is 6.20. The number of hydrogen-bond donors (Lipinski definition) is 0. The molecule has 2 heterocycles. The van der Waals surface area contributed by atoms with Crippen LogP contribution in [0.4, 0.5) is 11.5 Å². The maximum Gasteiger partial charge on any atom is 0.155 e. The Labute approximate surface area is 209 Å². The highest BCUT2D eigenvalue weighted by atomic mass is 79.9. The van der Waals surface area contributed by atoms with Gasteiger partial charge in [0.2, 0.25) is 0 Å². The molecule has 0 amide bonds. The minimum absolute atomic E-state index is 0.206. The molecule has 5 rings (SSSR count). The van der Waals surface area contributed by atoms with Crippen LogP contribution in [0.5, 0.6) is 0 Å². The Balaban J connectivity index is 1.81. The molecule has 0 atom stereocenters. The zero-order chi connectivity index (χ0) is 23.5. The monoisotopic (exact) mass is 511 g/mol. The van der Waals surface area contributed by atoms with E-state index in [0.717, 1.165) is 32.7 Å². The number of fused-ring (bicyclic) bond motifs is 1. The van der Waals surface area contributed by atoms with E-state index < -0.39 is 5.54 Å². The van der Waals surface area contributed by atoms with Gasteiger partial charge in [-0.15, -0.1) is 0 Å². The van der Waals surface area contributed by atoms with Crippen LogP contribution in [-0.2, 0) is 10.3 Å². The van der Waals surface area contributed by atoms with Gasteiger partial charge in [0, 0.05) is 17.1 Å². The van der Waals surface area contributed by atoms with Crippen LogP contribution in [0.2, 0.25) is 0 Å². The third-order valence-corrected chi connectivity index (χ3v) is 6.90. The zero-order valence-corrected chi connectivity index (χ0v) is 20.7. The van der Waals surface area contributed by atoms with Crippen molar-refractivity contribution in [3.05, 3.63) is 124 Å². The fourth-order valence-corrected chi connectivity index (χ4v) is 5.23. The number of pyridine rings is 1. The molecule has 0 N–H and O–H groups in total. The van der Waals surface area contributed by atoms with Crippen LogP contribution in [0.25, 0.3) is 0 Å². The van der Waals surface area contributed by atoms with Crippen LogP contribution < -0.4 is 9.80 Å². The number of aromatic nitrogens is 1. The quantitative estimate of drug-likeness (QED) is 0.269. The summed E-state index contributed by atoms with van der Waals surface area (Å²) in [7, 11) is 0. The summed E-state index contributed by atoms with van der Waals surface area (Å²) in [5.74, 6) is 1.07. The molecule has 0 saturated heterocycles. The number of carbonyl (C=O) groups is 1. The fraction of sp³-hybridized carbons (Fsp3) is 0.172. The first kappa shape index (κ1) is 22.4. The van der Waals surface area contributed by atoms with E-state index in [2.05, 4.69) is 105 Å². The predicted molar refractivity (Wildman–Crippen MR) is 141 cm³/mol. The number of anilines is 2. The summed E-state index contributed by atoms with van der Waals surface area (Å²) < 4.78 is 0.895. The molecule has 0 radical (unpaired) electrons. The Morgan fingerprint density at radius 3 is 1.85 bits per heavy atom. The molecule has 0 bridgehead atoms. The average Bonchev–Trinajstić information content (AvgIpc) is 3.24. The van der Waals surface area contributed by atoms with E-state index in [1.54, 1.807) is 0 Å². The van der Waals surface area contributed by atoms with Gasteiger partial charge in [-0.3, -0.25) is 4.79 Å². The SMILES string of the molecule is CCC(=O)CN1CN(C(c2ccccc2)(c2ccccc2)c2ccccc2)c2ncc(Br)cc21. The van der Waals surface area contributed by atoms with Gasteiger partial charge in [-0.05, 0) is 38.7 Å². The number of carbonyl (C=O) groups excluding carboxylic acids is 1. The third kappa shape index (κ3) is 3.80. The Bertz CT molecular complexity index is 1180. The van der Waals surface area contributed by atoms with E-state index in [1.165, 1.54) is 0 Å². The minimum atomic E-state index is -0.636. The standard InChI is InChI=1S/C29H26BrN3O/c1-2-26(34)20-32-21-33(28-27(32)18-25(30)19-31-28)29(22-12-6-3-7-13-22,23-14-8-4-9-15-23)24-16-10-5-11-17-24/h3-19H,2,20-21H2,1H3. The first-order valence-electron chi connectivity index (χ1n) is 11.5. The molecule has 3 aromatic carbocycles. The maximum atomic E-state index is 12.5. The van der Waals surface area contributed by atoms with Crippen molar-refractivity contribution in [3.63, 3.8) is 0 Å². The number of ketones is 1. The summed E-state index contributed by atoms with van der Waals surface area (Å²) in [5.41, 5.74) is 3.76. The molecule has 1 aliphatic heterocycles. The molecule has 4 aromatic rings. The smallest absolute Gasteiger partial charge is 0.155 e. The Hall–Kier alpha value is -3.44. The Morgan fingerprint density at radius 1 is 0.882 bits per heavy atom. The minimum Gasteiger partial charge on any atom is -0.343 e. The topological polar surface area (TPSA) is 36.4 Å². The Morgan fingerprint density at radius 2 is 1.38 bits per heavy atom. The van der Waals surface area contributed by atoms with E-state index >= 15 is 0 Å². The van der Waals surface area contributed by atoms with Gasteiger partial charge < -0.3 is 9.80 Å². The first-order valence-corrected chi connectivity index (χ1v) is 12.3. The molecule has 1 aliphatic rings. The van der Waals surface area contributed by atoms with E-state index in [-0.39, 0.29) is 5.78 Å². The molecule has 4 nitrogen and oxygen atoms in total. The molecule has 0 fully saturated rings. The molecule has 0 unspecified atom stereocenters. The van der Waals surface area contributed by atoms with Gasteiger partial charge >= 0.3 is 0 Å². The van der Waals surface area contributed by atoms with Crippen molar-refractivity contribution < 1.29 is 4.79 Å². The number of Topliss-reactive ketones (excluding diaryl/α,β-unsaturated/α-hetero) is 1. The van der Waals surface area contributed by atoms with Crippen LogP contribution in [0.1, 0.15) is 30.0 Å². The second kappa shape index (κ2) is 9.43. The van der Waals surface area contributed by atoms with Crippen molar-refractivity contribution in [3.8, 4) is 0 Å². The molecular weight excluding hydrogens is 486 g/mol. The number of nitrogens with zero attached hydrogens (tertiary/aromatic N) is 3. The number of hydrogen-bond acceptors (Lipinski definition) is 4. The second-order valence-corrected chi connectivity index (χ2v) is 9.38. The molecule has 0 spiro atoms.